The topological polar surface area (TPSA) is 104 Å². The number of anilines is 3. The normalized spacial score (nSPS) is 18.9. The van der Waals surface area contributed by atoms with Crippen molar-refractivity contribution in [3.63, 3.8) is 0 Å². The van der Waals surface area contributed by atoms with E-state index in [1.54, 1.807) is 22.1 Å². The zero-order chi connectivity index (χ0) is 25.7. The molecule has 37 heavy (non-hydrogen) atoms. The van der Waals surface area contributed by atoms with Crippen molar-refractivity contribution >= 4 is 56.5 Å². The van der Waals surface area contributed by atoms with Gasteiger partial charge in [0.15, 0.2) is 0 Å². The van der Waals surface area contributed by atoms with Gasteiger partial charge in [0, 0.05) is 25.3 Å². The Kier molecular flexibility index (Phi) is 5.83. The second-order valence-electron chi connectivity index (χ2n) is 9.65. The Morgan fingerprint density at radius 3 is 2.84 bits per heavy atom. The lowest BCUT2D eigenvalue weighted by atomic mass is 10.1. The van der Waals surface area contributed by atoms with Crippen molar-refractivity contribution in [2.24, 2.45) is 0 Å². The molecule has 1 atom stereocenters. The number of piperidine rings is 1. The molecule has 9 nitrogen and oxygen atoms in total. The molecule has 2 aromatic heterocycles. The van der Waals surface area contributed by atoms with Crippen LogP contribution in [0.2, 0.25) is 0 Å². The molecular weight excluding hydrogens is 490 g/mol. The van der Waals surface area contributed by atoms with Crippen LogP contribution in [-0.2, 0) is 4.79 Å². The van der Waals surface area contributed by atoms with E-state index in [0.29, 0.717) is 40.3 Å². The minimum absolute atomic E-state index is 0.139. The van der Waals surface area contributed by atoms with Gasteiger partial charge >= 0.3 is 6.03 Å². The number of aromatic nitrogens is 1. The van der Waals surface area contributed by atoms with Crippen molar-refractivity contribution in [1.82, 2.24) is 15.2 Å². The fourth-order valence-corrected chi connectivity index (χ4v) is 6.01. The van der Waals surface area contributed by atoms with Gasteiger partial charge in [-0.05, 0) is 68.5 Å². The summed E-state index contributed by atoms with van der Waals surface area (Å²) in [6.45, 7) is 6.59. The van der Waals surface area contributed by atoms with Crippen LogP contribution < -0.4 is 20.3 Å². The monoisotopic (exact) mass is 517 g/mol. The van der Waals surface area contributed by atoms with Crippen LogP contribution in [0.25, 0.3) is 10.2 Å². The minimum atomic E-state index is -0.341. The largest absolute Gasteiger partial charge is 0.490 e. The van der Waals surface area contributed by atoms with Crippen LogP contribution in [0.4, 0.5) is 21.9 Å². The van der Waals surface area contributed by atoms with Gasteiger partial charge in [0.2, 0.25) is 5.91 Å². The zero-order valence-corrected chi connectivity index (χ0v) is 21.3. The lowest BCUT2D eigenvalue weighted by molar-refractivity contribution is -0.127. The molecule has 10 heteroatoms. The van der Waals surface area contributed by atoms with Crippen LogP contribution in [0.1, 0.15) is 40.9 Å². The van der Waals surface area contributed by atoms with E-state index in [2.05, 4.69) is 22.2 Å². The number of hydrogen-bond acceptors (Lipinski definition) is 6. The Balaban J connectivity index is 1.30. The van der Waals surface area contributed by atoms with Gasteiger partial charge in [0.1, 0.15) is 15.5 Å². The first-order valence-corrected chi connectivity index (χ1v) is 13.3. The zero-order valence-electron chi connectivity index (χ0n) is 20.5. The van der Waals surface area contributed by atoms with E-state index >= 15 is 0 Å². The number of carbonyl (C=O) groups is 3. The van der Waals surface area contributed by atoms with Gasteiger partial charge in [-0.3, -0.25) is 14.5 Å². The summed E-state index contributed by atoms with van der Waals surface area (Å²) in [5.41, 5.74) is 2.80. The van der Waals surface area contributed by atoms with E-state index < -0.39 is 0 Å². The van der Waals surface area contributed by atoms with Gasteiger partial charge in [-0.25, -0.2) is 9.78 Å². The lowest BCUT2D eigenvalue weighted by Gasteiger charge is -2.32. The molecule has 2 aliphatic heterocycles. The maximum absolute atomic E-state index is 13.4. The Bertz CT molecular complexity index is 1450. The number of hydrogen-bond donors (Lipinski definition) is 2. The number of nitrogens with zero attached hydrogens (tertiary/aromatic N) is 3. The molecule has 1 unspecified atom stereocenters. The molecule has 0 radical (unpaired) electrons. The third-order valence-corrected chi connectivity index (χ3v) is 8.03. The summed E-state index contributed by atoms with van der Waals surface area (Å²) in [4.78, 5) is 47.7. The molecule has 3 aromatic rings. The summed E-state index contributed by atoms with van der Waals surface area (Å²) in [5.74, 6) is 0.375. The number of ether oxygens (including phenoxy) is 1. The van der Waals surface area contributed by atoms with Crippen molar-refractivity contribution in [2.45, 2.75) is 44.8 Å². The summed E-state index contributed by atoms with van der Waals surface area (Å²) in [6.07, 6.45) is 6.97. The van der Waals surface area contributed by atoms with E-state index in [0.717, 1.165) is 48.1 Å². The van der Waals surface area contributed by atoms with Gasteiger partial charge in [-0.1, -0.05) is 6.58 Å². The smallest absolute Gasteiger partial charge is 0.331 e. The van der Waals surface area contributed by atoms with Gasteiger partial charge in [0.25, 0.3) is 5.91 Å². The Labute approximate surface area is 218 Å². The predicted octanol–water partition coefficient (Wildman–Crippen LogP) is 4.74. The predicted molar refractivity (Wildman–Crippen MR) is 143 cm³/mol. The van der Waals surface area contributed by atoms with Gasteiger partial charge in [-0.15, -0.1) is 11.3 Å². The molecule has 190 valence electrons. The average Bonchev–Trinajstić information content (AvgIpc) is 3.63. The summed E-state index contributed by atoms with van der Waals surface area (Å²) in [5, 5.41) is 6.74. The van der Waals surface area contributed by atoms with E-state index in [9.17, 15) is 14.4 Å². The number of benzene rings is 1. The Morgan fingerprint density at radius 1 is 1.24 bits per heavy atom. The van der Waals surface area contributed by atoms with E-state index in [4.69, 9.17) is 4.74 Å². The summed E-state index contributed by atoms with van der Waals surface area (Å²) < 4.78 is 5.91. The fourth-order valence-electron chi connectivity index (χ4n) is 4.99. The number of amides is 4. The highest BCUT2D eigenvalue weighted by Crippen LogP contribution is 2.46. The summed E-state index contributed by atoms with van der Waals surface area (Å²) in [7, 11) is 0. The number of likely N-dealkylation sites (tertiary alicyclic amines) is 1. The molecule has 0 spiro atoms. The number of pyridine rings is 1. The third kappa shape index (κ3) is 4.31. The Hall–Kier alpha value is -3.92. The molecule has 1 aromatic carbocycles. The van der Waals surface area contributed by atoms with Gasteiger partial charge in [0.05, 0.1) is 28.6 Å². The molecule has 2 N–H and O–H groups in total. The highest BCUT2D eigenvalue weighted by atomic mass is 32.1. The highest BCUT2D eigenvalue weighted by molar-refractivity contribution is 7.21. The van der Waals surface area contributed by atoms with Gasteiger partial charge < -0.3 is 20.3 Å². The molecule has 3 aliphatic rings. The highest BCUT2D eigenvalue weighted by Gasteiger charge is 2.34. The first-order valence-electron chi connectivity index (χ1n) is 12.4. The van der Waals surface area contributed by atoms with Gasteiger partial charge in [-0.2, -0.15) is 0 Å². The molecular formula is C27H27N5O4S. The van der Waals surface area contributed by atoms with Crippen LogP contribution in [0.3, 0.4) is 0 Å². The quantitative estimate of drug-likeness (QED) is 0.460. The van der Waals surface area contributed by atoms with Crippen LogP contribution >= 0.6 is 11.3 Å². The standard InChI is InChI=1S/C27H27N5O4S/c1-3-21(33)31-12-4-5-16(14-31)29-25(34)24-23-22-20(10-11-28-26(22)37-24)32(27(35)30-23)19-9-8-18(13-15(19)2)36-17-6-7-17/h3,8-11,13,16-17H,1,4-7,12,14H2,2H3,(H,29,34)(H,30,35). The molecule has 1 aliphatic carbocycles. The second-order valence-corrected chi connectivity index (χ2v) is 10.6. The lowest BCUT2D eigenvalue weighted by Crippen LogP contribution is -2.49. The van der Waals surface area contributed by atoms with Crippen molar-refractivity contribution in [3.8, 4) is 5.75 Å². The molecule has 2 fully saturated rings. The summed E-state index contributed by atoms with van der Waals surface area (Å²) in [6, 6.07) is 7.01. The molecule has 6 rings (SSSR count). The molecule has 1 saturated heterocycles. The van der Waals surface area contributed by atoms with Crippen molar-refractivity contribution in [1.29, 1.82) is 0 Å². The first-order chi connectivity index (χ1) is 17.9. The Morgan fingerprint density at radius 2 is 2.08 bits per heavy atom. The average molecular weight is 518 g/mol. The number of nitrogens with one attached hydrogen (secondary N) is 2. The number of urea groups is 1. The van der Waals surface area contributed by atoms with E-state index in [1.165, 1.54) is 17.4 Å². The summed E-state index contributed by atoms with van der Waals surface area (Å²) >= 11 is 1.25. The van der Waals surface area contributed by atoms with Crippen LogP contribution in [-0.4, -0.2) is 53.0 Å². The van der Waals surface area contributed by atoms with Crippen LogP contribution in [0.15, 0.2) is 43.1 Å². The maximum Gasteiger partial charge on any atom is 0.331 e. The van der Waals surface area contributed by atoms with Crippen molar-refractivity contribution < 1.29 is 19.1 Å². The third-order valence-electron chi connectivity index (χ3n) is 6.93. The molecule has 4 amide bonds. The van der Waals surface area contributed by atoms with Crippen molar-refractivity contribution in [3.05, 3.63) is 53.6 Å². The van der Waals surface area contributed by atoms with Crippen LogP contribution in [0, 0.1) is 6.92 Å². The molecule has 0 bridgehead atoms. The first kappa shape index (κ1) is 23.5. The molecule has 4 heterocycles. The SMILES string of the molecule is C=CC(=O)N1CCCC(NC(=O)c2sc3nccc4c3c2NC(=O)N4c2ccc(OC3CC3)cc2C)C1. The number of aryl methyl sites for hydroxylation is 1. The molecule has 1 saturated carbocycles. The number of rotatable bonds is 6. The van der Waals surface area contributed by atoms with Crippen LogP contribution in [0.5, 0.6) is 5.75 Å². The maximum atomic E-state index is 13.4. The van der Waals surface area contributed by atoms with E-state index in [-0.39, 0.29) is 23.9 Å². The van der Waals surface area contributed by atoms with Crippen molar-refractivity contribution in [2.75, 3.05) is 23.3 Å². The fraction of sp³-hybridized carbons (Fsp3) is 0.333. The van der Waals surface area contributed by atoms with E-state index in [1.807, 2.05) is 25.1 Å². The number of thiophene rings is 1. The minimum Gasteiger partial charge on any atom is -0.490 e. The second kappa shape index (κ2) is 9.19. The number of carbonyl (C=O) groups excluding carboxylic acids is 3.